The van der Waals surface area contributed by atoms with Gasteiger partial charge in [0.25, 0.3) is 0 Å². The molecule has 1 aliphatic rings. The van der Waals surface area contributed by atoms with E-state index in [0.29, 0.717) is 0 Å². The highest BCUT2D eigenvalue weighted by Gasteiger charge is 2.17. The molecular formula is C8H17N3O2. The van der Waals surface area contributed by atoms with E-state index in [4.69, 9.17) is 4.74 Å². The van der Waals surface area contributed by atoms with Crippen molar-refractivity contribution in [1.29, 1.82) is 0 Å². The third-order valence-corrected chi connectivity index (χ3v) is 2.16. The first kappa shape index (κ1) is 10.3. The molecule has 0 aromatic carbocycles. The summed E-state index contributed by atoms with van der Waals surface area (Å²) < 4.78 is 4.76. The van der Waals surface area contributed by atoms with Crippen LogP contribution in [0.5, 0.6) is 0 Å². The standard InChI is InChI=1S/C8H17N3O2/c1-10-3-5-11(6-4-10)8(12)9-7-13-2/h3-7H2,1-2H3,(H,9,12). The number of rotatable bonds is 2. The zero-order valence-corrected chi connectivity index (χ0v) is 8.25. The minimum atomic E-state index is -0.0325. The maximum absolute atomic E-state index is 11.4. The summed E-state index contributed by atoms with van der Waals surface area (Å²) >= 11 is 0. The molecule has 0 bridgehead atoms. The number of carbonyl (C=O) groups excluding carboxylic acids is 1. The molecule has 0 aliphatic carbocycles. The van der Waals surface area contributed by atoms with E-state index in [-0.39, 0.29) is 12.8 Å². The minimum Gasteiger partial charge on any atom is -0.364 e. The second kappa shape index (κ2) is 5.04. The molecule has 0 spiro atoms. The highest BCUT2D eigenvalue weighted by Crippen LogP contribution is 1.98. The molecule has 0 atom stereocenters. The van der Waals surface area contributed by atoms with E-state index in [1.807, 2.05) is 0 Å². The number of ether oxygens (including phenoxy) is 1. The molecule has 0 aromatic heterocycles. The first-order valence-corrected chi connectivity index (χ1v) is 4.44. The number of nitrogens with zero attached hydrogens (tertiary/aromatic N) is 2. The summed E-state index contributed by atoms with van der Waals surface area (Å²) in [6, 6.07) is -0.0325. The number of urea groups is 1. The second-order valence-corrected chi connectivity index (χ2v) is 3.21. The van der Waals surface area contributed by atoms with Crippen LogP contribution in [0.2, 0.25) is 0 Å². The molecule has 0 unspecified atom stereocenters. The van der Waals surface area contributed by atoms with Gasteiger partial charge in [-0.2, -0.15) is 0 Å². The van der Waals surface area contributed by atoms with Gasteiger partial charge in [0.15, 0.2) is 0 Å². The SMILES string of the molecule is COCNC(=O)N1CCN(C)CC1. The Balaban J connectivity index is 2.23. The summed E-state index contributed by atoms with van der Waals surface area (Å²) in [6.07, 6.45) is 0. The van der Waals surface area contributed by atoms with Crippen molar-refractivity contribution in [1.82, 2.24) is 15.1 Å². The second-order valence-electron chi connectivity index (χ2n) is 3.21. The Morgan fingerprint density at radius 3 is 2.54 bits per heavy atom. The number of hydrogen-bond donors (Lipinski definition) is 1. The van der Waals surface area contributed by atoms with Crippen LogP contribution < -0.4 is 5.32 Å². The van der Waals surface area contributed by atoms with Crippen LogP contribution in [-0.4, -0.2) is 62.9 Å². The number of likely N-dealkylation sites (N-methyl/N-ethyl adjacent to an activating group) is 1. The van der Waals surface area contributed by atoms with Gasteiger partial charge in [-0.15, -0.1) is 0 Å². The summed E-state index contributed by atoms with van der Waals surface area (Å²) in [4.78, 5) is 15.4. The Bertz CT molecular complexity index is 167. The number of piperazine rings is 1. The molecule has 0 radical (unpaired) electrons. The third-order valence-electron chi connectivity index (χ3n) is 2.16. The number of hydrogen-bond acceptors (Lipinski definition) is 3. The molecule has 76 valence electrons. The van der Waals surface area contributed by atoms with Crippen LogP contribution in [-0.2, 0) is 4.74 Å². The first-order chi connectivity index (χ1) is 6.24. The fourth-order valence-electron chi connectivity index (χ4n) is 1.26. The van der Waals surface area contributed by atoms with Crippen LogP contribution in [0.3, 0.4) is 0 Å². The van der Waals surface area contributed by atoms with Crippen LogP contribution in [0.4, 0.5) is 4.79 Å². The normalized spacial score (nSPS) is 18.8. The van der Waals surface area contributed by atoms with Crippen LogP contribution in [0, 0.1) is 0 Å². The molecule has 5 heteroatoms. The van der Waals surface area contributed by atoms with Gasteiger partial charge in [-0.25, -0.2) is 4.79 Å². The molecule has 5 nitrogen and oxygen atoms in total. The van der Waals surface area contributed by atoms with Crippen molar-refractivity contribution in [2.45, 2.75) is 0 Å². The minimum absolute atomic E-state index is 0.0325. The lowest BCUT2D eigenvalue weighted by Gasteiger charge is -2.32. The Morgan fingerprint density at radius 2 is 2.00 bits per heavy atom. The molecule has 1 rings (SSSR count). The van der Waals surface area contributed by atoms with Gasteiger partial charge in [0.05, 0.1) is 0 Å². The number of carbonyl (C=O) groups is 1. The Kier molecular flexibility index (Phi) is 3.98. The predicted molar refractivity (Wildman–Crippen MR) is 49.5 cm³/mol. The molecule has 1 saturated heterocycles. The zero-order valence-electron chi connectivity index (χ0n) is 8.25. The molecule has 13 heavy (non-hydrogen) atoms. The van der Waals surface area contributed by atoms with Gasteiger partial charge in [0, 0.05) is 33.3 Å². The predicted octanol–water partition coefficient (Wildman–Crippen LogP) is -0.453. The van der Waals surface area contributed by atoms with Gasteiger partial charge in [0.2, 0.25) is 0 Å². The summed E-state index contributed by atoms with van der Waals surface area (Å²) in [5.74, 6) is 0. The van der Waals surface area contributed by atoms with E-state index >= 15 is 0 Å². The lowest BCUT2D eigenvalue weighted by Crippen LogP contribution is -2.50. The van der Waals surface area contributed by atoms with Crippen molar-refractivity contribution in [3.05, 3.63) is 0 Å². The third kappa shape index (κ3) is 3.20. The lowest BCUT2D eigenvalue weighted by atomic mass is 10.3. The van der Waals surface area contributed by atoms with Crippen molar-refractivity contribution >= 4 is 6.03 Å². The summed E-state index contributed by atoms with van der Waals surface area (Å²) in [5.41, 5.74) is 0. The highest BCUT2D eigenvalue weighted by atomic mass is 16.5. The van der Waals surface area contributed by atoms with E-state index in [9.17, 15) is 4.79 Å². The first-order valence-electron chi connectivity index (χ1n) is 4.44. The Morgan fingerprint density at radius 1 is 1.38 bits per heavy atom. The zero-order chi connectivity index (χ0) is 9.68. The van der Waals surface area contributed by atoms with Gasteiger partial charge in [-0.1, -0.05) is 0 Å². The van der Waals surface area contributed by atoms with E-state index < -0.39 is 0 Å². The van der Waals surface area contributed by atoms with Gasteiger partial charge >= 0.3 is 6.03 Å². The summed E-state index contributed by atoms with van der Waals surface area (Å²) in [5, 5.41) is 2.66. The Labute approximate surface area is 78.6 Å². The van der Waals surface area contributed by atoms with E-state index in [0.717, 1.165) is 26.2 Å². The largest absolute Gasteiger partial charge is 0.364 e. The number of methoxy groups -OCH3 is 1. The Hall–Kier alpha value is -0.810. The summed E-state index contributed by atoms with van der Waals surface area (Å²) in [7, 11) is 3.62. The molecule has 2 amide bonds. The average Bonchev–Trinajstić information content (AvgIpc) is 2.15. The van der Waals surface area contributed by atoms with Crippen molar-refractivity contribution < 1.29 is 9.53 Å². The molecular weight excluding hydrogens is 170 g/mol. The molecule has 1 aliphatic heterocycles. The molecule has 1 heterocycles. The van der Waals surface area contributed by atoms with Crippen LogP contribution in [0.25, 0.3) is 0 Å². The van der Waals surface area contributed by atoms with Crippen LogP contribution >= 0.6 is 0 Å². The fraction of sp³-hybridized carbons (Fsp3) is 0.875. The topological polar surface area (TPSA) is 44.8 Å². The van der Waals surface area contributed by atoms with Gasteiger partial charge in [-0.05, 0) is 7.05 Å². The van der Waals surface area contributed by atoms with Crippen molar-refractivity contribution in [3.63, 3.8) is 0 Å². The van der Waals surface area contributed by atoms with Gasteiger partial charge in [0.1, 0.15) is 6.73 Å². The molecule has 0 aromatic rings. The quantitative estimate of drug-likeness (QED) is 0.595. The van der Waals surface area contributed by atoms with Gasteiger partial charge in [-0.3, -0.25) is 0 Å². The van der Waals surface area contributed by atoms with E-state index in [2.05, 4.69) is 17.3 Å². The number of nitrogens with one attached hydrogen (secondary N) is 1. The van der Waals surface area contributed by atoms with E-state index in [1.54, 1.807) is 12.0 Å². The van der Waals surface area contributed by atoms with Crippen molar-refractivity contribution in [2.75, 3.05) is 47.1 Å². The molecule has 1 N–H and O–H groups in total. The lowest BCUT2D eigenvalue weighted by molar-refractivity contribution is 0.132. The highest BCUT2D eigenvalue weighted by molar-refractivity contribution is 5.74. The van der Waals surface area contributed by atoms with Crippen molar-refractivity contribution in [3.8, 4) is 0 Å². The summed E-state index contributed by atoms with van der Waals surface area (Å²) in [6.45, 7) is 3.77. The molecule has 0 saturated carbocycles. The van der Waals surface area contributed by atoms with Crippen LogP contribution in [0.1, 0.15) is 0 Å². The number of amides is 2. The van der Waals surface area contributed by atoms with Crippen LogP contribution in [0.15, 0.2) is 0 Å². The maximum atomic E-state index is 11.4. The maximum Gasteiger partial charge on any atom is 0.319 e. The van der Waals surface area contributed by atoms with Crippen molar-refractivity contribution in [2.24, 2.45) is 0 Å². The van der Waals surface area contributed by atoms with E-state index in [1.165, 1.54) is 0 Å². The van der Waals surface area contributed by atoms with Gasteiger partial charge < -0.3 is 19.9 Å². The smallest absolute Gasteiger partial charge is 0.319 e. The molecule has 1 fully saturated rings. The average molecular weight is 187 g/mol. The fourth-order valence-corrected chi connectivity index (χ4v) is 1.26. The monoisotopic (exact) mass is 187 g/mol.